The first-order valence-electron chi connectivity index (χ1n) is 11.1. The number of rotatable bonds is 4. The van der Waals surface area contributed by atoms with E-state index in [-0.39, 0.29) is 5.39 Å². The predicted octanol–water partition coefficient (Wildman–Crippen LogP) is 8.07. The van der Waals surface area contributed by atoms with Crippen LogP contribution in [0.1, 0.15) is 31.2 Å². The van der Waals surface area contributed by atoms with Crippen molar-refractivity contribution in [2.24, 2.45) is 11.8 Å². The zero-order valence-corrected chi connectivity index (χ0v) is 18.4. The lowest BCUT2D eigenvalue weighted by molar-refractivity contribution is -0.153. The number of halogens is 5. The average molecular weight is 470 g/mol. The molecule has 0 unspecified atom stereocenters. The van der Waals surface area contributed by atoms with Gasteiger partial charge in [0.05, 0.1) is 0 Å². The molecular formula is C28H23F5O. The maximum atomic E-state index is 14.9. The number of benzene rings is 3. The van der Waals surface area contributed by atoms with E-state index in [2.05, 4.69) is 23.2 Å². The van der Waals surface area contributed by atoms with E-state index >= 15 is 0 Å². The number of hydrogen-bond acceptors (Lipinski definition) is 1. The smallest absolute Gasteiger partial charge is 0.422 e. The van der Waals surface area contributed by atoms with E-state index in [1.54, 1.807) is 18.2 Å². The predicted molar refractivity (Wildman–Crippen MR) is 123 cm³/mol. The van der Waals surface area contributed by atoms with Crippen LogP contribution >= 0.6 is 0 Å². The monoisotopic (exact) mass is 470 g/mol. The maximum absolute atomic E-state index is 14.9. The molecule has 0 amide bonds. The van der Waals surface area contributed by atoms with Crippen molar-refractivity contribution in [3.05, 3.63) is 78.4 Å². The van der Waals surface area contributed by atoms with E-state index < -0.39 is 30.2 Å². The van der Waals surface area contributed by atoms with Gasteiger partial charge in [0.2, 0.25) is 0 Å². The summed E-state index contributed by atoms with van der Waals surface area (Å²) in [4.78, 5) is 0. The summed E-state index contributed by atoms with van der Waals surface area (Å²) in [6.45, 7) is 2.27. The molecule has 1 aliphatic rings. The minimum absolute atomic E-state index is 0.0949. The van der Waals surface area contributed by atoms with Gasteiger partial charge in [0.15, 0.2) is 18.2 Å². The SMILES string of the molecule is C=CC1CCC(C#Cc2ccc(-c3ccc4c(F)c(OCC(F)(F)F)ccc4c3)c(F)c2)CC1. The summed E-state index contributed by atoms with van der Waals surface area (Å²) in [5.74, 6) is 5.37. The van der Waals surface area contributed by atoms with Gasteiger partial charge in [-0.05, 0) is 66.8 Å². The van der Waals surface area contributed by atoms with Crippen LogP contribution in [0.4, 0.5) is 22.0 Å². The van der Waals surface area contributed by atoms with E-state index in [0.29, 0.717) is 33.9 Å². The number of fused-ring (bicyclic) bond motifs is 1. The summed E-state index contributed by atoms with van der Waals surface area (Å²) < 4.78 is 71.1. The van der Waals surface area contributed by atoms with E-state index in [9.17, 15) is 22.0 Å². The van der Waals surface area contributed by atoms with Crippen LogP contribution in [0.3, 0.4) is 0 Å². The lowest BCUT2D eigenvalue weighted by atomic mass is 9.82. The lowest BCUT2D eigenvalue weighted by Gasteiger charge is -2.22. The van der Waals surface area contributed by atoms with Gasteiger partial charge in [0.25, 0.3) is 0 Å². The summed E-state index contributed by atoms with van der Waals surface area (Å²) in [7, 11) is 0. The average Bonchev–Trinajstić information content (AvgIpc) is 2.82. The lowest BCUT2D eigenvalue weighted by Crippen LogP contribution is -2.19. The van der Waals surface area contributed by atoms with Gasteiger partial charge in [-0.3, -0.25) is 0 Å². The van der Waals surface area contributed by atoms with Gasteiger partial charge in [0.1, 0.15) is 5.82 Å². The van der Waals surface area contributed by atoms with Crippen LogP contribution in [0, 0.1) is 35.3 Å². The Hall–Kier alpha value is -3.33. The fourth-order valence-electron chi connectivity index (χ4n) is 4.22. The van der Waals surface area contributed by atoms with Gasteiger partial charge in [-0.25, -0.2) is 8.78 Å². The molecule has 6 heteroatoms. The summed E-state index contributed by atoms with van der Waals surface area (Å²) >= 11 is 0. The van der Waals surface area contributed by atoms with Crippen molar-refractivity contribution in [1.29, 1.82) is 0 Å². The minimum Gasteiger partial charge on any atom is -0.481 e. The third-order valence-corrected chi connectivity index (χ3v) is 6.12. The number of alkyl halides is 3. The molecule has 1 fully saturated rings. The molecule has 1 saturated carbocycles. The molecule has 1 aliphatic carbocycles. The highest BCUT2D eigenvalue weighted by Crippen LogP contribution is 2.33. The van der Waals surface area contributed by atoms with Crippen LogP contribution in [0.5, 0.6) is 5.75 Å². The summed E-state index contributed by atoms with van der Waals surface area (Å²) in [5.41, 5.74) is 1.44. The zero-order valence-electron chi connectivity index (χ0n) is 18.4. The molecule has 0 saturated heterocycles. The quantitative estimate of drug-likeness (QED) is 0.213. The van der Waals surface area contributed by atoms with Crippen LogP contribution in [-0.2, 0) is 0 Å². The Morgan fingerprint density at radius 1 is 0.971 bits per heavy atom. The van der Waals surface area contributed by atoms with Gasteiger partial charge < -0.3 is 4.74 Å². The molecule has 3 aromatic carbocycles. The molecule has 1 nitrogen and oxygen atoms in total. The highest BCUT2D eigenvalue weighted by molar-refractivity contribution is 5.89. The van der Waals surface area contributed by atoms with Crippen molar-refractivity contribution in [3.8, 4) is 28.7 Å². The van der Waals surface area contributed by atoms with Gasteiger partial charge in [-0.1, -0.05) is 42.2 Å². The molecular weight excluding hydrogens is 447 g/mol. The fourth-order valence-corrected chi connectivity index (χ4v) is 4.22. The van der Waals surface area contributed by atoms with E-state index in [1.807, 2.05) is 6.08 Å². The summed E-state index contributed by atoms with van der Waals surface area (Å²) in [6, 6.07) is 11.9. The second-order valence-electron chi connectivity index (χ2n) is 8.53. The van der Waals surface area contributed by atoms with Crippen molar-refractivity contribution in [1.82, 2.24) is 0 Å². The van der Waals surface area contributed by atoms with Crippen molar-refractivity contribution in [2.45, 2.75) is 31.9 Å². The molecule has 0 N–H and O–H groups in total. The normalized spacial score (nSPS) is 18.3. The molecule has 0 spiro atoms. The zero-order chi connectivity index (χ0) is 24.3. The van der Waals surface area contributed by atoms with Crippen molar-refractivity contribution in [2.75, 3.05) is 6.61 Å². The largest absolute Gasteiger partial charge is 0.481 e. The second-order valence-corrected chi connectivity index (χ2v) is 8.53. The molecule has 0 aromatic heterocycles. The topological polar surface area (TPSA) is 9.23 Å². The second kappa shape index (κ2) is 9.89. The van der Waals surface area contributed by atoms with E-state index in [4.69, 9.17) is 0 Å². The molecule has 0 heterocycles. The number of allylic oxidation sites excluding steroid dienone is 1. The third-order valence-electron chi connectivity index (χ3n) is 6.12. The van der Waals surface area contributed by atoms with Crippen LogP contribution < -0.4 is 4.74 Å². The van der Waals surface area contributed by atoms with Crippen molar-refractivity contribution >= 4 is 10.8 Å². The van der Waals surface area contributed by atoms with Crippen LogP contribution in [0.2, 0.25) is 0 Å². The van der Waals surface area contributed by atoms with Gasteiger partial charge in [-0.15, -0.1) is 6.58 Å². The molecule has 0 atom stereocenters. The van der Waals surface area contributed by atoms with Gasteiger partial charge >= 0.3 is 6.18 Å². The first-order chi connectivity index (χ1) is 16.2. The first-order valence-corrected chi connectivity index (χ1v) is 11.1. The number of hydrogen-bond donors (Lipinski definition) is 0. The molecule has 4 rings (SSSR count). The first kappa shape index (κ1) is 23.8. The fraction of sp³-hybridized carbons (Fsp3) is 0.286. The summed E-state index contributed by atoms with van der Waals surface area (Å²) in [5, 5.41) is 0.519. The Bertz CT molecular complexity index is 1260. The maximum Gasteiger partial charge on any atom is 0.422 e. The van der Waals surface area contributed by atoms with Crippen LogP contribution in [0.15, 0.2) is 61.2 Å². The standard InChI is InChI=1S/C28H23F5O/c1-2-18-3-5-19(6-4-18)7-8-20-9-12-23(25(29)15-20)21-10-13-24-22(16-21)11-14-26(27(24)30)34-17-28(31,32)33/h2,9-16,18-19H,1,3-6,17H2. The van der Waals surface area contributed by atoms with E-state index in [1.165, 1.54) is 24.3 Å². The Balaban J connectivity index is 1.53. The minimum atomic E-state index is -4.57. The Morgan fingerprint density at radius 2 is 1.74 bits per heavy atom. The molecule has 176 valence electrons. The van der Waals surface area contributed by atoms with Crippen molar-refractivity contribution < 1.29 is 26.7 Å². The molecule has 0 radical (unpaired) electrons. The third kappa shape index (κ3) is 5.59. The Labute approximate surface area is 195 Å². The van der Waals surface area contributed by atoms with Crippen LogP contribution in [-0.4, -0.2) is 12.8 Å². The van der Waals surface area contributed by atoms with Gasteiger partial charge in [0, 0.05) is 22.4 Å². The molecule has 0 bridgehead atoms. The summed E-state index contributed by atoms with van der Waals surface area (Å²) in [6.07, 6.45) is 1.62. The highest BCUT2D eigenvalue weighted by Gasteiger charge is 2.29. The molecule has 0 aliphatic heterocycles. The number of ether oxygens (including phenoxy) is 1. The van der Waals surface area contributed by atoms with E-state index in [0.717, 1.165) is 31.7 Å². The van der Waals surface area contributed by atoms with Gasteiger partial charge in [-0.2, -0.15) is 13.2 Å². The molecule has 34 heavy (non-hydrogen) atoms. The van der Waals surface area contributed by atoms with Crippen molar-refractivity contribution in [3.63, 3.8) is 0 Å². The Kier molecular flexibility index (Phi) is 6.92. The highest BCUT2D eigenvalue weighted by atomic mass is 19.4. The molecule has 3 aromatic rings. The Morgan fingerprint density at radius 3 is 2.41 bits per heavy atom. The van der Waals surface area contributed by atoms with Crippen LogP contribution in [0.25, 0.3) is 21.9 Å².